The third-order valence-corrected chi connectivity index (χ3v) is 5.02. The lowest BCUT2D eigenvalue weighted by molar-refractivity contribution is -0.149. The Balaban J connectivity index is 2.06. The van der Waals surface area contributed by atoms with Crippen LogP contribution in [0.1, 0.15) is 57.4 Å². The number of allylic oxidation sites excluding steroid dienone is 1. The van der Waals surface area contributed by atoms with Crippen LogP contribution in [0.5, 0.6) is 0 Å². The summed E-state index contributed by atoms with van der Waals surface area (Å²) in [4.78, 5) is 12.5. The number of hydrogen-bond acceptors (Lipinski definition) is 3. The SMILES string of the molecule is CCOC(=O)[C@](C#N)(/C=C/C1CCCCC1)CCCc1ccccc1. The van der Waals surface area contributed by atoms with E-state index in [1.165, 1.54) is 24.8 Å². The lowest BCUT2D eigenvalue weighted by Crippen LogP contribution is -2.30. The predicted molar refractivity (Wildman–Crippen MR) is 99.8 cm³/mol. The summed E-state index contributed by atoms with van der Waals surface area (Å²) in [6.07, 6.45) is 12.2. The van der Waals surface area contributed by atoms with Crippen LogP contribution in [0.2, 0.25) is 0 Å². The number of benzene rings is 1. The van der Waals surface area contributed by atoms with Crippen molar-refractivity contribution in [3.05, 3.63) is 48.0 Å². The van der Waals surface area contributed by atoms with Gasteiger partial charge in [0.2, 0.25) is 0 Å². The highest BCUT2D eigenvalue weighted by Crippen LogP contribution is 2.31. The third-order valence-electron chi connectivity index (χ3n) is 5.02. The Morgan fingerprint density at radius 1 is 1.28 bits per heavy atom. The highest BCUT2D eigenvalue weighted by atomic mass is 16.5. The molecule has 134 valence electrons. The minimum atomic E-state index is -1.15. The minimum Gasteiger partial charge on any atom is -0.465 e. The van der Waals surface area contributed by atoms with Gasteiger partial charge in [-0.2, -0.15) is 5.26 Å². The summed E-state index contributed by atoms with van der Waals surface area (Å²) in [5.74, 6) is 0.0858. The first kappa shape index (κ1) is 19.2. The van der Waals surface area contributed by atoms with E-state index in [1.54, 1.807) is 6.92 Å². The molecule has 0 radical (unpaired) electrons. The summed E-state index contributed by atoms with van der Waals surface area (Å²) in [5, 5.41) is 9.80. The highest BCUT2D eigenvalue weighted by Gasteiger charge is 2.37. The summed E-state index contributed by atoms with van der Waals surface area (Å²) >= 11 is 0. The van der Waals surface area contributed by atoms with Crippen LogP contribution in [-0.4, -0.2) is 12.6 Å². The molecule has 0 spiro atoms. The van der Waals surface area contributed by atoms with Crippen molar-refractivity contribution in [1.29, 1.82) is 5.26 Å². The first-order valence-corrected chi connectivity index (χ1v) is 9.52. The summed E-state index contributed by atoms with van der Waals surface area (Å²) < 4.78 is 5.23. The van der Waals surface area contributed by atoms with Crippen LogP contribution in [0.4, 0.5) is 0 Å². The van der Waals surface area contributed by atoms with Crippen LogP contribution in [0.15, 0.2) is 42.5 Å². The van der Waals surface area contributed by atoms with Gasteiger partial charge in [-0.15, -0.1) is 0 Å². The van der Waals surface area contributed by atoms with Gasteiger partial charge in [-0.3, -0.25) is 0 Å². The zero-order valence-corrected chi connectivity index (χ0v) is 15.2. The molecule has 0 unspecified atom stereocenters. The normalized spacial score (nSPS) is 17.8. The van der Waals surface area contributed by atoms with E-state index in [9.17, 15) is 10.1 Å². The van der Waals surface area contributed by atoms with Crippen LogP contribution in [0, 0.1) is 22.7 Å². The average Bonchev–Trinajstić information content (AvgIpc) is 2.66. The summed E-state index contributed by atoms with van der Waals surface area (Å²) in [6, 6.07) is 12.4. The summed E-state index contributed by atoms with van der Waals surface area (Å²) in [5.41, 5.74) is 0.0804. The standard InChI is InChI=1S/C22H29NO2/c1-2-25-21(24)22(18-23,17-15-20-12-7-4-8-13-20)16-9-14-19-10-5-3-6-11-19/h3,5-6,10-11,15,17,20H,2,4,7-9,12-14,16H2,1H3/b17-15+/t22-/m0/s1. The third kappa shape index (κ3) is 5.74. The van der Waals surface area contributed by atoms with E-state index < -0.39 is 11.4 Å². The fraction of sp³-hybridized carbons (Fsp3) is 0.545. The number of nitriles is 1. The number of carbonyl (C=O) groups excluding carboxylic acids is 1. The Morgan fingerprint density at radius 3 is 2.64 bits per heavy atom. The lowest BCUT2D eigenvalue weighted by Gasteiger charge is -2.23. The Hall–Kier alpha value is -2.08. The van der Waals surface area contributed by atoms with Gasteiger partial charge in [0.15, 0.2) is 5.41 Å². The van der Waals surface area contributed by atoms with E-state index in [0.29, 0.717) is 18.9 Å². The molecule has 0 aromatic heterocycles. The zero-order valence-electron chi connectivity index (χ0n) is 15.2. The maximum Gasteiger partial charge on any atom is 0.330 e. The molecule has 1 saturated carbocycles. The number of hydrogen-bond donors (Lipinski definition) is 0. The molecule has 3 heteroatoms. The molecule has 0 bridgehead atoms. The molecule has 1 aliphatic carbocycles. The van der Waals surface area contributed by atoms with E-state index in [0.717, 1.165) is 25.7 Å². The van der Waals surface area contributed by atoms with Gasteiger partial charge in [0, 0.05) is 0 Å². The topological polar surface area (TPSA) is 50.1 Å². The number of aryl methyl sites for hydroxylation is 1. The second kappa shape index (κ2) is 10.0. The number of rotatable bonds is 8. The molecule has 25 heavy (non-hydrogen) atoms. The maximum atomic E-state index is 12.5. The van der Waals surface area contributed by atoms with Crippen molar-refractivity contribution in [2.45, 2.75) is 58.3 Å². The van der Waals surface area contributed by atoms with Gasteiger partial charge in [0.25, 0.3) is 0 Å². The number of nitrogens with zero attached hydrogens (tertiary/aromatic N) is 1. The van der Waals surface area contributed by atoms with Crippen molar-refractivity contribution in [1.82, 2.24) is 0 Å². The van der Waals surface area contributed by atoms with E-state index >= 15 is 0 Å². The van der Waals surface area contributed by atoms with Crippen molar-refractivity contribution in [3.8, 4) is 6.07 Å². The second-order valence-corrected chi connectivity index (χ2v) is 6.90. The van der Waals surface area contributed by atoms with Crippen molar-refractivity contribution in [2.75, 3.05) is 6.61 Å². The molecule has 0 heterocycles. The monoisotopic (exact) mass is 339 g/mol. The molecular weight excluding hydrogens is 310 g/mol. The molecule has 0 amide bonds. The van der Waals surface area contributed by atoms with Gasteiger partial charge >= 0.3 is 5.97 Å². The van der Waals surface area contributed by atoms with E-state index in [2.05, 4.69) is 24.3 Å². The quantitative estimate of drug-likeness (QED) is 0.482. The van der Waals surface area contributed by atoms with Gasteiger partial charge in [0.05, 0.1) is 12.7 Å². The van der Waals surface area contributed by atoms with E-state index in [4.69, 9.17) is 4.74 Å². The lowest BCUT2D eigenvalue weighted by atomic mass is 9.80. The van der Waals surface area contributed by atoms with Gasteiger partial charge in [-0.25, -0.2) is 4.79 Å². The Kier molecular flexibility index (Phi) is 7.73. The van der Waals surface area contributed by atoms with Crippen molar-refractivity contribution in [3.63, 3.8) is 0 Å². The average molecular weight is 339 g/mol. The van der Waals surface area contributed by atoms with Crippen molar-refractivity contribution < 1.29 is 9.53 Å². The summed E-state index contributed by atoms with van der Waals surface area (Å²) in [6.45, 7) is 2.09. The van der Waals surface area contributed by atoms with Crippen LogP contribution >= 0.6 is 0 Å². The first-order valence-electron chi connectivity index (χ1n) is 9.52. The molecular formula is C22H29NO2. The minimum absolute atomic E-state index is 0.304. The number of ether oxygens (including phenoxy) is 1. The van der Waals surface area contributed by atoms with Crippen molar-refractivity contribution in [2.24, 2.45) is 11.3 Å². The largest absolute Gasteiger partial charge is 0.465 e. The molecule has 0 aliphatic heterocycles. The second-order valence-electron chi connectivity index (χ2n) is 6.90. The molecule has 2 rings (SSSR count). The van der Waals surface area contributed by atoms with E-state index in [1.807, 2.05) is 24.3 Å². The zero-order chi connectivity index (χ0) is 18.0. The molecule has 1 aromatic carbocycles. The van der Waals surface area contributed by atoms with Crippen LogP contribution in [0.25, 0.3) is 0 Å². The molecule has 1 aliphatic rings. The van der Waals surface area contributed by atoms with E-state index in [-0.39, 0.29) is 0 Å². The van der Waals surface area contributed by atoms with Crippen LogP contribution in [0.3, 0.4) is 0 Å². The Morgan fingerprint density at radius 2 is 2.00 bits per heavy atom. The fourth-order valence-electron chi connectivity index (χ4n) is 3.50. The molecule has 1 aromatic rings. The van der Waals surface area contributed by atoms with Gasteiger partial charge in [-0.05, 0) is 50.5 Å². The summed E-state index contributed by atoms with van der Waals surface area (Å²) in [7, 11) is 0. The molecule has 0 N–H and O–H groups in total. The fourth-order valence-corrected chi connectivity index (χ4v) is 3.50. The first-order chi connectivity index (χ1) is 12.2. The van der Waals surface area contributed by atoms with Gasteiger partial charge in [0.1, 0.15) is 0 Å². The predicted octanol–water partition coefficient (Wildman–Crippen LogP) is 5.22. The van der Waals surface area contributed by atoms with Crippen LogP contribution < -0.4 is 0 Å². The number of esters is 1. The smallest absolute Gasteiger partial charge is 0.330 e. The van der Waals surface area contributed by atoms with Gasteiger partial charge in [-0.1, -0.05) is 61.7 Å². The Labute approximate surface area is 151 Å². The highest BCUT2D eigenvalue weighted by molar-refractivity contribution is 5.82. The molecule has 0 saturated heterocycles. The molecule has 3 nitrogen and oxygen atoms in total. The maximum absolute atomic E-state index is 12.5. The number of carbonyl (C=O) groups is 1. The van der Waals surface area contributed by atoms with Crippen LogP contribution in [-0.2, 0) is 16.0 Å². The van der Waals surface area contributed by atoms with Crippen molar-refractivity contribution >= 4 is 5.97 Å². The Bertz CT molecular complexity index is 596. The van der Waals surface area contributed by atoms with Gasteiger partial charge < -0.3 is 4.74 Å². The molecule has 1 fully saturated rings. The molecule has 1 atom stereocenters.